The van der Waals surface area contributed by atoms with E-state index in [2.05, 4.69) is 0 Å². The van der Waals surface area contributed by atoms with Gasteiger partial charge in [-0.1, -0.05) is 41.5 Å². The number of carbonyl (C=O) groups excluding carboxylic acids is 2. The van der Waals surface area contributed by atoms with Crippen LogP contribution in [-0.2, 0) is 14.4 Å². The molecular formula is C14H23NO4S. The second-order valence-electron chi connectivity index (χ2n) is 7.05. The van der Waals surface area contributed by atoms with Gasteiger partial charge in [-0.05, 0) is 0 Å². The van der Waals surface area contributed by atoms with Crippen molar-refractivity contribution in [2.75, 3.05) is 0 Å². The number of amides is 1. The zero-order valence-corrected chi connectivity index (χ0v) is 13.7. The summed E-state index contributed by atoms with van der Waals surface area (Å²) >= 11 is 1.52. The number of aliphatic carboxylic acids is 1. The van der Waals surface area contributed by atoms with Crippen LogP contribution in [0.3, 0.4) is 0 Å². The van der Waals surface area contributed by atoms with Gasteiger partial charge in [-0.3, -0.25) is 9.59 Å². The third-order valence-electron chi connectivity index (χ3n) is 2.94. The number of carboxylic acids is 1. The van der Waals surface area contributed by atoms with E-state index in [4.69, 9.17) is 0 Å². The summed E-state index contributed by atoms with van der Waals surface area (Å²) in [7, 11) is 0. The average Bonchev–Trinajstić information content (AvgIpc) is 2.20. The van der Waals surface area contributed by atoms with E-state index in [-0.39, 0.29) is 16.0 Å². The molecule has 114 valence electrons. The van der Waals surface area contributed by atoms with Crippen LogP contribution in [0.25, 0.3) is 0 Å². The number of hydrogen-bond donors (Lipinski definition) is 1. The molecule has 5 nitrogen and oxygen atoms in total. The maximum Gasteiger partial charge on any atom is 0.334 e. The standard InChI is InChI=1S/C14H23NO4S/c1-13(2,3)11(17)10(12(18)19)15-8(16)7-9(15)20-14(4,5)6/h9-10H,7H2,1-6H3,(H,18,19). The van der Waals surface area contributed by atoms with Crippen LogP contribution >= 0.6 is 11.8 Å². The number of rotatable bonds is 4. The van der Waals surface area contributed by atoms with Crippen LogP contribution < -0.4 is 0 Å². The second-order valence-corrected chi connectivity index (χ2v) is 9.05. The van der Waals surface area contributed by atoms with E-state index in [0.29, 0.717) is 6.42 Å². The molecule has 0 aliphatic carbocycles. The molecule has 1 aliphatic heterocycles. The Labute approximate surface area is 124 Å². The smallest absolute Gasteiger partial charge is 0.334 e. The minimum atomic E-state index is -1.38. The Hall–Kier alpha value is -1.04. The Morgan fingerprint density at radius 2 is 1.75 bits per heavy atom. The Bertz CT molecular complexity index is 433. The van der Waals surface area contributed by atoms with Crippen LogP contribution in [0, 0.1) is 5.41 Å². The van der Waals surface area contributed by atoms with Crippen LogP contribution in [0.5, 0.6) is 0 Å². The molecule has 2 unspecified atom stereocenters. The van der Waals surface area contributed by atoms with Gasteiger partial charge in [0.1, 0.15) is 0 Å². The first-order chi connectivity index (χ1) is 8.84. The lowest BCUT2D eigenvalue weighted by atomic mass is 9.85. The largest absolute Gasteiger partial charge is 0.479 e. The summed E-state index contributed by atoms with van der Waals surface area (Å²) in [6, 6.07) is -1.38. The first kappa shape index (κ1) is 17.0. The summed E-state index contributed by atoms with van der Waals surface area (Å²) in [6.07, 6.45) is 0.295. The zero-order valence-electron chi connectivity index (χ0n) is 12.9. The highest BCUT2D eigenvalue weighted by molar-refractivity contribution is 8.01. The zero-order chi connectivity index (χ0) is 15.9. The van der Waals surface area contributed by atoms with E-state index in [1.54, 1.807) is 20.8 Å². The molecule has 2 atom stereocenters. The quantitative estimate of drug-likeness (QED) is 0.636. The van der Waals surface area contributed by atoms with Gasteiger partial charge in [0, 0.05) is 10.2 Å². The van der Waals surface area contributed by atoms with Gasteiger partial charge in [-0.2, -0.15) is 0 Å². The highest BCUT2D eigenvalue weighted by Crippen LogP contribution is 2.40. The predicted molar refractivity (Wildman–Crippen MR) is 78.5 cm³/mol. The summed E-state index contributed by atoms with van der Waals surface area (Å²) in [6.45, 7) is 11.0. The number of nitrogens with zero attached hydrogens (tertiary/aromatic N) is 1. The molecule has 1 N–H and O–H groups in total. The lowest BCUT2D eigenvalue weighted by Crippen LogP contribution is -2.63. The molecule has 0 spiro atoms. The SMILES string of the molecule is CC(C)(C)SC1CC(=O)N1C(C(=O)O)C(=O)C(C)(C)C. The number of thioether (sulfide) groups is 1. The summed E-state index contributed by atoms with van der Waals surface area (Å²) < 4.78 is -0.0998. The van der Waals surface area contributed by atoms with E-state index >= 15 is 0 Å². The number of carbonyl (C=O) groups is 3. The van der Waals surface area contributed by atoms with Crippen LogP contribution in [0.1, 0.15) is 48.0 Å². The fourth-order valence-electron chi connectivity index (χ4n) is 1.99. The molecule has 0 radical (unpaired) electrons. The molecule has 0 bridgehead atoms. The Balaban J connectivity index is 2.99. The number of carboxylic acid groups (broad SMARTS) is 1. The molecule has 0 aromatic carbocycles. The van der Waals surface area contributed by atoms with Crippen LogP contribution in [0.2, 0.25) is 0 Å². The van der Waals surface area contributed by atoms with Gasteiger partial charge in [-0.15, -0.1) is 11.8 Å². The summed E-state index contributed by atoms with van der Waals surface area (Å²) in [5.74, 6) is -1.95. The average molecular weight is 301 g/mol. The lowest BCUT2D eigenvalue weighted by Gasteiger charge is -2.46. The van der Waals surface area contributed by atoms with Crippen LogP contribution in [-0.4, -0.2) is 43.8 Å². The van der Waals surface area contributed by atoms with Crippen molar-refractivity contribution in [3.8, 4) is 0 Å². The molecule has 6 heteroatoms. The van der Waals surface area contributed by atoms with Crippen LogP contribution in [0.4, 0.5) is 0 Å². The molecule has 1 rings (SSSR count). The van der Waals surface area contributed by atoms with Gasteiger partial charge in [0.2, 0.25) is 5.91 Å². The van der Waals surface area contributed by atoms with Crippen molar-refractivity contribution in [3.63, 3.8) is 0 Å². The maximum absolute atomic E-state index is 12.3. The number of likely N-dealkylation sites (tertiary alicyclic amines) is 1. The minimum absolute atomic E-state index is 0.0998. The van der Waals surface area contributed by atoms with Gasteiger partial charge < -0.3 is 10.0 Å². The fourth-order valence-corrected chi connectivity index (χ4v) is 3.38. The Kier molecular flexibility index (Phi) is 4.58. The van der Waals surface area contributed by atoms with Gasteiger partial charge in [0.25, 0.3) is 0 Å². The van der Waals surface area contributed by atoms with Crippen molar-refractivity contribution in [1.29, 1.82) is 0 Å². The van der Waals surface area contributed by atoms with Crippen molar-refractivity contribution in [2.24, 2.45) is 5.41 Å². The first-order valence-electron chi connectivity index (χ1n) is 6.60. The van der Waals surface area contributed by atoms with E-state index in [9.17, 15) is 19.5 Å². The molecule has 0 aromatic heterocycles. The van der Waals surface area contributed by atoms with Gasteiger partial charge in [0.05, 0.1) is 11.8 Å². The van der Waals surface area contributed by atoms with E-state index in [0.717, 1.165) is 0 Å². The molecule has 0 saturated carbocycles. The predicted octanol–water partition coefficient (Wildman–Crippen LogP) is 2.14. The summed E-state index contributed by atoms with van der Waals surface area (Å²) in [5.41, 5.74) is -0.796. The molecule has 1 heterocycles. The fraction of sp³-hybridized carbons (Fsp3) is 0.786. The van der Waals surface area contributed by atoms with Crippen LogP contribution in [0.15, 0.2) is 0 Å². The molecule has 1 fully saturated rings. The molecule has 1 saturated heterocycles. The molecule has 0 aromatic rings. The highest BCUT2D eigenvalue weighted by atomic mass is 32.2. The van der Waals surface area contributed by atoms with Gasteiger partial charge in [0.15, 0.2) is 11.8 Å². The maximum atomic E-state index is 12.3. The Morgan fingerprint density at radius 1 is 1.25 bits per heavy atom. The molecule has 1 aliphatic rings. The van der Waals surface area contributed by atoms with Gasteiger partial charge >= 0.3 is 5.97 Å². The normalized spacial score (nSPS) is 21.4. The molecular weight excluding hydrogens is 278 g/mol. The van der Waals surface area contributed by atoms with E-state index in [1.807, 2.05) is 20.8 Å². The monoisotopic (exact) mass is 301 g/mol. The van der Waals surface area contributed by atoms with Crippen molar-refractivity contribution < 1.29 is 19.5 Å². The summed E-state index contributed by atoms with van der Waals surface area (Å²) in [5, 5.41) is 9.11. The highest BCUT2D eigenvalue weighted by Gasteiger charge is 2.50. The van der Waals surface area contributed by atoms with Crippen molar-refractivity contribution >= 4 is 29.4 Å². The molecule has 1 amide bonds. The van der Waals surface area contributed by atoms with Crippen molar-refractivity contribution in [1.82, 2.24) is 4.90 Å². The topological polar surface area (TPSA) is 74.7 Å². The summed E-state index contributed by atoms with van der Waals surface area (Å²) in [4.78, 5) is 36.8. The second kappa shape index (κ2) is 5.39. The minimum Gasteiger partial charge on any atom is -0.479 e. The van der Waals surface area contributed by atoms with Gasteiger partial charge in [-0.25, -0.2) is 4.79 Å². The number of ketones is 1. The number of hydrogen-bond acceptors (Lipinski definition) is 4. The molecule has 20 heavy (non-hydrogen) atoms. The van der Waals surface area contributed by atoms with E-state index < -0.39 is 23.2 Å². The first-order valence-corrected chi connectivity index (χ1v) is 7.48. The van der Waals surface area contributed by atoms with Crippen molar-refractivity contribution in [3.05, 3.63) is 0 Å². The third-order valence-corrected chi connectivity index (χ3v) is 4.31. The van der Waals surface area contributed by atoms with Crippen molar-refractivity contribution in [2.45, 2.75) is 64.1 Å². The number of β-lactam (4-membered cyclic amide) rings is 1. The third kappa shape index (κ3) is 3.75. The number of Topliss-reactive ketones (excluding diaryl/α,β-unsaturated/α-hetero) is 1. The van der Waals surface area contributed by atoms with E-state index in [1.165, 1.54) is 16.7 Å². The lowest BCUT2D eigenvalue weighted by molar-refractivity contribution is -0.163. The Morgan fingerprint density at radius 3 is 2.05 bits per heavy atom.